The zero-order chi connectivity index (χ0) is 22.9. The largest absolute Gasteiger partial charge is 0.322 e. The van der Waals surface area contributed by atoms with Crippen molar-refractivity contribution in [2.45, 2.75) is 13.8 Å². The van der Waals surface area contributed by atoms with Crippen LogP contribution in [0.1, 0.15) is 21.7 Å². The van der Waals surface area contributed by atoms with E-state index in [-0.39, 0.29) is 5.91 Å². The number of fused-ring (bicyclic) bond motifs is 1. The lowest BCUT2D eigenvalue weighted by molar-refractivity contribution is 0.102. The Hall–Kier alpha value is -4.39. The summed E-state index contributed by atoms with van der Waals surface area (Å²) >= 11 is 0. The molecule has 0 radical (unpaired) electrons. The van der Waals surface area contributed by atoms with E-state index >= 15 is 0 Å². The maximum Gasteiger partial charge on any atom is 0.256 e. The monoisotopic (exact) mass is 437 g/mol. The lowest BCUT2D eigenvalue weighted by Crippen LogP contribution is -2.14. The number of hydrogen-bond donors (Lipinski definition) is 1. The summed E-state index contributed by atoms with van der Waals surface area (Å²) in [6.07, 6.45) is 3.36. The summed E-state index contributed by atoms with van der Waals surface area (Å²) in [4.78, 5) is 22.0. The van der Waals surface area contributed by atoms with E-state index in [9.17, 15) is 9.18 Å². The van der Waals surface area contributed by atoms with Crippen molar-refractivity contribution in [2.24, 2.45) is 0 Å². The highest BCUT2D eigenvalue weighted by Gasteiger charge is 2.16. The molecule has 3 aromatic heterocycles. The maximum absolute atomic E-state index is 14.9. The van der Waals surface area contributed by atoms with Gasteiger partial charge in [-0.2, -0.15) is 5.10 Å². The second-order valence-corrected chi connectivity index (χ2v) is 7.77. The van der Waals surface area contributed by atoms with Crippen LogP contribution in [0.3, 0.4) is 0 Å². The highest BCUT2D eigenvalue weighted by Crippen LogP contribution is 2.26. The first-order valence-corrected chi connectivity index (χ1v) is 10.4. The molecule has 1 amide bonds. The van der Waals surface area contributed by atoms with E-state index < -0.39 is 5.82 Å². The molecule has 0 aliphatic carbocycles. The molecular weight excluding hydrogens is 417 g/mol. The van der Waals surface area contributed by atoms with Gasteiger partial charge < -0.3 is 5.32 Å². The number of aryl methyl sites for hydroxylation is 2. The van der Waals surface area contributed by atoms with Gasteiger partial charge in [-0.25, -0.2) is 14.1 Å². The van der Waals surface area contributed by atoms with Crippen molar-refractivity contribution in [1.82, 2.24) is 19.7 Å². The summed E-state index contributed by atoms with van der Waals surface area (Å²) in [7, 11) is 0. The number of para-hydroxylation sites is 1. The van der Waals surface area contributed by atoms with E-state index in [0.29, 0.717) is 33.5 Å². The Kier molecular flexibility index (Phi) is 5.14. The topological polar surface area (TPSA) is 72.7 Å². The van der Waals surface area contributed by atoms with Gasteiger partial charge in [0.15, 0.2) is 5.82 Å². The molecule has 6 nitrogen and oxygen atoms in total. The highest BCUT2D eigenvalue weighted by atomic mass is 19.1. The Morgan fingerprint density at radius 2 is 1.76 bits per heavy atom. The number of amides is 1. The molecule has 5 aromatic rings. The first kappa shape index (κ1) is 20.5. The minimum Gasteiger partial charge on any atom is -0.322 e. The van der Waals surface area contributed by atoms with Gasteiger partial charge >= 0.3 is 0 Å². The second-order valence-electron chi connectivity index (χ2n) is 7.77. The van der Waals surface area contributed by atoms with Gasteiger partial charge in [0, 0.05) is 34.7 Å². The Bertz CT molecular complexity index is 1490. The minimum absolute atomic E-state index is 0.327. The number of carbonyl (C=O) groups excluding carboxylic acids is 1. The minimum atomic E-state index is -0.476. The highest BCUT2D eigenvalue weighted by molar-refractivity contribution is 6.13. The molecule has 1 N–H and O–H groups in total. The van der Waals surface area contributed by atoms with Crippen molar-refractivity contribution in [2.75, 3.05) is 5.32 Å². The number of pyridine rings is 2. The predicted molar refractivity (Wildman–Crippen MR) is 126 cm³/mol. The van der Waals surface area contributed by atoms with Crippen LogP contribution in [0.15, 0.2) is 79.1 Å². The van der Waals surface area contributed by atoms with Gasteiger partial charge in [-0.1, -0.05) is 18.2 Å². The third kappa shape index (κ3) is 3.96. The number of carbonyl (C=O) groups is 1. The van der Waals surface area contributed by atoms with Crippen LogP contribution in [0.4, 0.5) is 10.1 Å². The Morgan fingerprint density at radius 1 is 0.970 bits per heavy atom. The number of anilines is 1. The molecule has 0 fully saturated rings. The molecular formula is C26H20FN5O. The first-order chi connectivity index (χ1) is 16.0. The van der Waals surface area contributed by atoms with Crippen molar-refractivity contribution < 1.29 is 9.18 Å². The van der Waals surface area contributed by atoms with E-state index in [1.165, 1.54) is 6.07 Å². The maximum atomic E-state index is 14.9. The molecule has 2 aromatic carbocycles. The van der Waals surface area contributed by atoms with E-state index in [1.54, 1.807) is 35.3 Å². The molecule has 33 heavy (non-hydrogen) atoms. The first-order valence-electron chi connectivity index (χ1n) is 10.4. The van der Waals surface area contributed by atoms with Gasteiger partial charge in [0.25, 0.3) is 5.91 Å². The molecule has 0 spiro atoms. The predicted octanol–water partition coefficient (Wildman–Crippen LogP) is 5.49. The number of nitrogens with zero attached hydrogens (tertiary/aromatic N) is 4. The lowest BCUT2D eigenvalue weighted by Gasteiger charge is -2.12. The van der Waals surface area contributed by atoms with Crippen molar-refractivity contribution >= 4 is 22.5 Å². The van der Waals surface area contributed by atoms with Gasteiger partial charge in [-0.05, 0) is 62.4 Å². The third-order valence-corrected chi connectivity index (χ3v) is 5.38. The van der Waals surface area contributed by atoms with E-state index in [1.807, 2.05) is 56.3 Å². The molecule has 0 aliphatic rings. The summed E-state index contributed by atoms with van der Waals surface area (Å²) in [6, 6.07) is 19.3. The van der Waals surface area contributed by atoms with Crippen molar-refractivity contribution in [1.29, 1.82) is 0 Å². The summed E-state index contributed by atoms with van der Waals surface area (Å²) < 4.78 is 16.4. The molecule has 5 rings (SSSR count). The van der Waals surface area contributed by atoms with Crippen LogP contribution < -0.4 is 5.32 Å². The number of nitrogens with one attached hydrogen (secondary N) is 1. The Balaban J connectivity index is 1.51. The molecule has 0 bridgehead atoms. The molecule has 0 saturated carbocycles. The standard InChI is InChI=1S/C26H20FN5O/c1-16-13-17(2)32(31-16)25-8-7-19(14-22(25)27)29-26(33)21-15-24(18-9-11-28-12-10-18)30-23-6-4-3-5-20(21)23/h3-15H,1-2H3,(H,29,33). The smallest absolute Gasteiger partial charge is 0.256 e. The molecule has 3 heterocycles. The number of hydrogen-bond acceptors (Lipinski definition) is 4. The Labute approximate surface area is 189 Å². The van der Waals surface area contributed by atoms with Crippen LogP contribution >= 0.6 is 0 Å². The molecule has 162 valence electrons. The zero-order valence-corrected chi connectivity index (χ0v) is 18.1. The van der Waals surface area contributed by atoms with Gasteiger partial charge in [0.1, 0.15) is 5.69 Å². The average Bonchev–Trinajstić information content (AvgIpc) is 3.16. The summed E-state index contributed by atoms with van der Waals surface area (Å²) in [6.45, 7) is 3.72. The Morgan fingerprint density at radius 3 is 2.48 bits per heavy atom. The lowest BCUT2D eigenvalue weighted by atomic mass is 10.0. The number of aromatic nitrogens is 4. The van der Waals surface area contributed by atoms with Gasteiger partial charge in [-0.15, -0.1) is 0 Å². The normalized spacial score (nSPS) is 11.0. The van der Waals surface area contributed by atoms with Crippen molar-refractivity contribution in [3.8, 4) is 16.9 Å². The SMILES string of the molecule is Cc1cc(C)n(-c2ccc(NC(=O)c3cc(-c4ccncc4)nc4ccccc34)cc2F)n1. The van der Waals surface area contributed by atoms with Crippen LogP contribution in [0.2, 0.25) is 0 Å². The third-order valence-electron chi connectivity index (χ3n) is 5.38. The van der Waals surface area contributed by atoms with E-state index in [4.69, 9.17) is 0 Å². The average molecular weight is 437 g/mol. The van der Waals surface area contributed by atoms with Gasteiger partial charge in [-0.3, -0.25) is 9.78 Å². The van der Waals surface area contributed by atoms with Crippen LogP contribution in [0.5, 0.6) is 0 Å². The number of rotatable bonds is 4. The second kappa shape index (κ2) is 8.27. The zero-order valence-electron chi connectivity index (χ0n) is 18.1. The van der Waals surface area contributed by atoms with Crippen LogP contribution in [-0.2, 0) is 0 Å². The molecule has 7 heteroatoms. The quantitative estimate of drug-likeness (QED) is 0.403. The molecule has 0 saturated heterocycles. The molecule has 0 unspecified atom stereocenters. The summed E-state index contributed by atoms with van der Waals surface area (Å²) in [5.41, 5.74) is 4.98. The fourth-order valence-corrected chi connectivity index (χ4v) is 3.86. The van der Waals surface area contributed by atoms with E-state index in [2.05, 4.69) is 20.4 Å². The number of benzene rings is 2. The van der Waals surface area contributed by atoms with E-state index in [0.717, 1.165) is 17.0 Å². The summed E-state index contributed by atoms with van der Waals surface area (Å²) in [5.74, 6) is -0.821. The van der Waals surface area contributed by atoms with Crippen LogP contribution in [-0.4, -0.2) is 25.7 Å². The van der Waals surface area contributed by atoms with Crippen molar-refractivity contribution in [3.05, 3.63) is 102 Å². The number of halogens is 1. The van der Waals surface area contributed by atoms with Crippen molar-refractivity contribution in [3.63, 3.8) is 0 Å². The van der Waals surface area contributed by atoms with Gasteiger partial charge in [0.2, 0.25) is 0 Å². The van der Waals surface area contributed by atoms with Gasteiger partial charge in [0.05, 0.1) is 22.5 Å². The van der Waals surface area contributed by atoms with Crippen LogP contribution in [0.25, 0.3) is 27.8 Å². The molecule has 0 aliphatic heterocycles. The summed E-state index contributed by atoms with van der Waals surface area (Å²) in [5, 5.41) is 7.87. The van der Waals surface area contributed by atoms with Crippen LogP contribution in [0, 0.1) is 19.7 Å². The fraction of sp³-hybridized carbons (Fsp3) is 0.0769. The molecule has 0 atom stereocenters. The fourth-order valence-electron chi connectivity index (χ4n) is 3.86.